The van der Waals surface area contributed by atoms with Crippen LogP contribution in [0.5, 0.6) is 0 Å². The molecule has 0 spiro atoms. The number of halogens is 1. The Bertz CT molecular complexity index is 649. The Balaban J connectivity index is 1.59. The maximum absolute atomic E-state index is 13.1. The summed E-state index contributed by atoms with van der Waals surface area (Å²) in [5.74, 6) is 0.911. The van der Waals surface area contributed by atoms with Gasteiger partial charge in [0, 0.05) is 11.0 Å². The van der Waals surface area contributed by atoms with Crippen molar-refractivity contribution in [3.63, 3.8) is 0 Å². The van der Waals surface area contributed by atoms with Gasteiger partial charge in [0.15, 0.2) is 0 Å². The zero-order valence-corrected chi connectivity index (χ0v) is 14.5. The number of hydrogen-bond acceptors (Lipinski definition) is 3. The third-order valence-corrected chi connectivity index (χ3v) is 6.52. The SMILES string of the molecule is COC(=O)[C@@H](NC(=O)c1ccc(F)cc1)C12CC3CC(CC(C3)C1)C2. The normalized spacial score (nSPS) is 33.8. The molecule has 1 atom stereocenters. The lowest BCUT2D eigenvalue weighted by atomic mass is 9.47. The Kier molecular flexibility index (Phi) is 4.05. The molecule has 1 N–H and O–H groups in total. The van der Waals surface area contributed by atoms with E-state index >= 15 is 0 Å². The molecule has 0 aromatic heterocycles. The van der Waals surface area contributed by atoms with Gasteiger partial charge in [-0.3, -0.25) is 4.79 Å². The van der Waals surface area contributed by atoms with Crippen LogP contribution < -0.4 is 5.32 Å². The summed E-state index contributed by atoms with van der Waals surface area (Å²) in [5.41, 5.74) is 0.178. The lowest BCUT2D eigenvalue weighted by Gasteiger charge is -2.58. The molecule has 5 heteroatoms. The molecule has 5 rings (SSSR count). The molecule has 1 aromatic rings. The quantitative estimate of drug-likeness (QED) is 0.852. The summed E-state index contributed by atoms with van der Waals surface area (Å²) < 4.78 is 18.1. The topological polar surface area (TPSA) is 55.4 Å². The first-order chi connectivity index (χ1) is 12.0. The first kappa shape index (κ1) is 16.6. The van der Waals surface area contributed by atoms with Gasteiger partial charge in [-0.2, -0.15) is 0 Å². The zero-order valence-electron chi connectivity index (χ0n) is 14.5. The van der Waals surface area contributed by atoms with Gasteiger partial charge in [-0.15, -0.1) is 0 Å². The standard InChI is InChI=1S/C20H24FNO3/c1-25-19(24)17(22-18(23)15-2-4-16(21)5-3-15)20-9-12-6-13(10-20)8-14(7-12)11-20/h2-5,12-14,17H,6-11H2,1H3,(H,22,23)/t12?,13?,14?,17-,20?/m1/s1. The summed E-state index contributed by atoms with van der Waals surface area (Å²) >= 11 is 0. The molecule has 4 nitrogen and oxygen atoms in total. The van der Waals surface area contributed by atoms with Gasteiger partial charge < -0.3 is 10.1 Å². The van der Waals surface area contributed by atoms with E-state index in [1.54, 1.807) is 0 Å². The predicted octanol–water partition coefficient (Wildman–Crippen LogP) is 3.31. The molecule has 25 heavy (non-hydrogen) atoms. The number of carbonyl (C=O) groups excluding carboxylic acids is 2. The molecule has 0 saturated heterocycles. The van der Waals surface area contributed by atoms with Crippen LogP contribution >= 0.6 is 0 Å². The van der Waals surface area contributed by atoms with Crippen molar-refractivity contribution in [3.05, 3.63) is 35.6 Å². The van der Waals surface area contributed by atoms with Gasteiger partial charge in [-0.25, -0.2) is 9.18 Å². The molecule has 134 valence electrons. The number of methoxy groups -OCH3 is 1. The Labute approximate surface area is 147 Å². The monoisotopic (exact) mass is 345 g/mol. The number of benzene rings is 1. The summed E-state index contributed by atoms with van der Waals surface area (Å²) in [5, 5.41) is 2.92. The Hall–Kier alpha value is -1.91. The van der Waals surface area contributed by atoms with Crippen LogP contribution in [0, 0.1) is 29.0 Å². The van der Waals surface area contributed by atoms with Crippen molar-refractivity contribution in [2.75, 3.05) is 7.11 Å². The van der Waals surface area contributed by atoms with Crippen molar-refractivity contribution in [2.45, 2.75) is 44.6 Å². The molecule has 0 radical (unpaired) electrons. The van der Waals surface area contributed by atoms with E-state index in [4.69, 9.17) is 4.74 Å². The number of carbonyl (C=O) groups is 2. The highest BCUT2D eigenvalue weighted by atomic mass is 19.1. The van der Waals surface area contributed by atoms with Gasteiger partial charge in [0.1, 0.15) is 11.9 Å². The van der Waals surface area contributed by atoms with E-state index < -0.39 is 6.04 Å². The van der Waals surface area contributed by atoms with Crippen LogP contribution in [0.4, 0.5) is 4.39 Å². The van der Waals surface area contributed by atoms with Gasteiger partial charge in [0.05, 0.1) is 7.11 Å². The van der Waals surface area contributed by atoms with Crippen molar-refractivity contribution < 1.29 is 18.7 Å². The molecule has 0 heterocycles. The molecule has 0 aliphatic heterocycles. The Morgan fingerprint density at radius 1 is 1.08 bits per heavy atom. The van der Waals surface area contributed by atoms with E-state index in [1.807, 2.05) is 0 Å². The minimum absolute atomic E-state index is 0.183. The maximum atomic E-state index is 13.1. The minimum atomic E-state index is -0.622. The average Bonchev–Trinajstić information content (AvgIpc) is 2.58. The molecule has 1 aromatic carbocycles. The zero-order chi connectivity index (χ0) is 17.6. The molecule has 4 bridgehead atoms. The second kappa shape index (κ2) is 6.11. The van der Waals surface area contributed by atoms with Crippen LogP contribution in [0.3, 0.4) is 0 Å². The van der Waals surface area contributed by atoms with Gasteiger partial charge >= 0.3 is 5.97 Å². The third-order valence-electron chi connectivity index (χ3n) is 6.52. The smallest absolute Gasteiger partial charge is 0.328 e. The molecule has 1 amide bonds. The van der Waals surface area contributed by atoms with Crippen LogP contribution in [0.25, 0.3) is 0 Å². The summed E-state index contributed by atoms with van der Waals surface area (Å²) in [7, 11) is 1.37. The van der Waals surface area contributed by atoms with Crippen LogP contribution in [-0.2, 0) is 9.53 Å². The predicted molar refractivity (Wildman–Crippen MR) is 90.3 cm³/mol. The van der Waals surface area contributed by atoms with Gasteiger partial charge in [0.2, 0.25) is 0 Å². The van der Waals surface area contributed by atoms with E-state index in [1.165, 1.54) is 50.6 Å². The fourth-order valence-electron chi connectivity index (χ4n) is 5.93. The summed E-state index contributed by atoms with van der Waals surface area (Å²) in [6.45, 7) is 0. The van der Waals surface area contributed by atoms with Gasteiger partial charge in [-0.05, 0) is 80.5 Å². The fraction of sp³-hybridized carbons (Fsp3) is 0.600. The lowest BCUT2D eigenvalue weighted by molar-refractivity contribution is -0.154. The van der Waals surface area contributed by atoms with E-state index in [2.05, 4.69) is 5.32 Å². The van der Waals surface area contributed by atoms with Crippen molar-refractivity contribution in [2.24, 2.45) is 23.2 Å². The van der Waals surface area contributed by atoms with Crippen molar-refractivity contribution in [1.82, 2.24) is 5.32 Å². The van der Waals surface area contributed by atoms with Gasteiger partial charge in [-0.1, -0.05) is 0 Å². The van der Waals surface area contributed by atoms with E-state index in [0.717, 1.165) is 19.3 Å². The summed E-state index contributed by atoms with van der Waals surface area (Å²) in [4.78, 5) is 25.2. The highest BCUT2D eigenvalue weighted by Crippen LogP contribution is 2.61. The second-order valence-electron chi connectivity index (χ2n) is 8.22. The highest BCUT2D eigenvalue weighted by Gasteiger charge is 2.56. The Morgan fingerprint density at radius 2 is 1.60 bits per heavy atom. The molecular formula is C20H24FNO3. The molecule has 4 aliphatic carbocycles. The molecule has 4 fully saturated rings. The lowest BCUT2D eigenvalue weighted by Crippen LogP contribution is -2.60. The minimum Gasteiger partial charge on any atom is -0.467 e. The second-order valence-corrected chi connectivity index (χ2v) is 8.22. The van der Waals surface area contributed by atoms with E-state index in [9.17, 15) is 14.0 Å². The molecular weight excluding hydrogens is 321 g/mol. The number of rotatable bonds is 4. The van der Waals surface area contributed by atoms with Crippen molar-refractivity contribution >= 4 is 11.9 Å². The first-order valence-corrected chi connectivity index (χ1v) is 9.13. The Morgan fingerprint density at radius 3 is 2.08 bits per heavy atom. The summed E-state index contributed by atoms with van der Waals surface area (Å²) in [6.07, 6.45) is 6.75. The first-order valence-electron chi connectivity index (χ1n) is 9.13. The summed E-state index contributed by atoms with van der Waals surface area (Å²) in [6, 6.07) is 4.78. The van der Waals surface area contributed by atoms with Crippen LogP contribution in [-0.4, -0.2) is 25.0 Å². The van der Waals surface area contributed by atoms with Crippen LogP contribution in [0.1, 0.15) is 48.9 Å². The molecule has 4 aliphatic rings. The fourth-order valence-corrected chi connectivity index (χ4v) is 5.93. The number of nitrogens with one attached hydrogen (secondary N) is 1. The number of esters is 1. The maximum Gasteiger partial charge on any atom is 0.328 e. The van der Waals surface area contributed by atoms with Gasteiger partial charge in [0.25, 0.3) is 5.91 Å². The highest BCUT2D eigenvalue weighted by molar-refractivity contribution is 5.97. The van der Waals surface area contributed by atoms with E-state index in [-0.39, 0.29) is 23.1 Å². The molecule has 4 saturated carbocycles. The van der Waals surface area contributed by atoms with Crippen LogP contribution in [0.2, 0.25) is 0 Å². The van der Waals surface area contributed by atoms with Crippen molar-refractivity contribution in [3.8, 4) is 0 Å². The van der Waals surface area contributed by atoms with Crippen LogP contribution in [0.15, 0.2) is 24.3 Å². The average molecular weight is 345 g/mol. The number of amides is 1. The van der Waals surface area contributed by atoms with Crippen molar-refractivity contribution in [1.29, 1.82) is 0 Å². The number of ether oxygens (including phenoxy) is 1. The number of hydrogen-bond donors (Lipinski definition) is 1. The largest absolute Gasteiger partial charge is 0.467 e. The third kappa shape index (κ3) is 2.94. The molecule has 0 unspecified atom stereocenters. The van der Waals surface area contributed by atoms with E-state index in [0.29, 0.717) is 23.3 Å².